The second kappa shape index (κ2) is 11.4. The van der Waals surface area contributed by atoms with E-state index >= 15 is 0 Å². The van der Waals surface area contributed by atoms with Crippen LogP contribution in [0.1, 0.15) is 40.0 Å². The van der Waals surface area contributed by atoms with Gasteiger partial charge in [0, 0.05) is 12.0 Å². The summed E-state index contributed by atoms with van der Waals surface area (Å²) in [5.41, 5.74) is 0.807. The molecule has 0 N–H and O–H groups in total. The Morgan fingerprint density at radius 2 is 1.75 bits per heavy atom. The molecule has 0 bridgehead atoms. The Hall–Kier alpha value is 0.711. The normalized spacial score (nSPS) is 29.9. The fraction of sp³-hybridized carbons (Fsp3) is 0.762. The number of methoxy groups -OCH3 is 1. The maximum atomic E-state index is 5.56. The molecule has 0 aromatic carbocycles. The van der Waals surface area contributed by atoms with Crippen LogP contribution in [0.5, 0.6) is 0 Å². The van der Waals surface area contributed by atoms with Gasteiger partial charge in [-0.3, -0.25) is 4.90 Å². The van der Waals surface area contributed by atoms with Crippen molar-refractivity contribution in [2.24, 2.45) is 11.8 Å². The van der Waals surface area contributed by atoms with E-state index in [4.69, 9.17) is 28.3 Å². The van der Waals surface area contributed by atoms with Gasteiger partial charge in [0.05, 0.1) is 7.11 Å². The molecule has 1 heterocycles. The van der Waals surface area contributed by atoms with Crippen LogP contribution in [0.15, 0.2) is 24.0 Å². The van der Waals surface area contributed by atoms with Gasteiger partial charge in [0.15, 0.2) is 0 Å². The number of ether oxygens (including phenoxy) is 1. The van der Waals surface area contributed by atoms with Gasteiger partial charge in [-0.25, -0.2) is 0 Å². The molecule has 1 aliphatic heterocycles. The number of hydrogen-bond donors (Lipinski definition) is 0. The van der Waals surface area contributed by atoms with Crippen molar-refractivity contribution in [3.8, 4) is 0 Å². The summed E-state index contributed by atoms with van der Waals surface area (Å²) in [5.74, 6) is 2.30. The summed E-state index contributed by atoms with van der Waals surface area (Å²) in [6.07, 6.45) is 11.1. The van der Waals surface area contributed by atoms with Crippen molar-refractivity contribution in [3.63, 3.8) is 0 Å². The molecule has 0 aromatic heterocycles. The molecule has 0 amide bonds. The zero-order chi connectivity index (χ0) is 20.2. The van der Waals surface area contributed by atoms with Gasteiger partial charge >= 0.3 is 35.6 Å². The number of nitrogens with zero attached hydrogens (tertiary/aromatic N) is 2. The monoisotopic (exact) mass is 480 g/mol. The van der Waals surface area contributed by atoms with E-state index in [1.165, 1.54) is 32.4 Å². The zero-order valence-electron chi connectivity index (χ0n) is 18.6. The second-order valence-corrected chi connectivity index (χ2v) is 16.3. The second-order valence-electron chi connectivity index (χ2n) is 9.45. The van der Waals surface area contributed by atoms with Crippen molar-refractivity contribution < 1.29 is 21.8 Å². The van der Waals surface area contributed by atoms with Crippen LogP contribution in [-0.2, 0) is 21.8 Å². The molecule has 0 aromatic rings. The molecule has 4 unspecified atom stereocenters. The summed E-state index contributed by atoms with van der Waals surface area (Å²) >= 11 is -0.556. The SMILES string of the molecule is COC1=CC2C(C=C1)C([Si](C)(C)[N-]C(C)(C)C)CC2N1CCCC1.[CH3-].[Cl][Ti][Cl]. The van der Waals surface area contributed by atoms with E-state index in [0.717, 1.165) is 11.3 Å². The van der Waals surface area contributed by atoms with E-state index in [2.05, 4.69) is 57.0 Å². The van der Waals surface area contributed by atoms with Crippen LogP contribution in [0, 0.1) is 19.3 Å². The van der Waals surface area contributed by atoms with E-state index < -0.39 is 25.3 Å². The van der Waals surface area contributed by atoms with Gasteiger partial charge in [-0.2, -0.15) is 0 Å². The van der Waals surface area contributed by atoms with Crippen molar-refractivity contribution in [3.05, 3.63) is 36.4 Å². The zero-order valence-corrected chi connectivity index (χ0v) is 22.7. The summed E-state index contributed by atoms with van der Waals surface area (Å²) < 4.78 is 5.56. The van der Waals surface area contributed by atoms with Gasteiger partial charge in [-0.1, -0.05) is 53.7 Å². The predicted octanol–water partition coefficient (Wildman–Crippen LogP) is 6.76. The third-order valence-corrected chi connectivity index (χ3v) is 9.75. The maximum absolute atomic E-state index is 5.56. The van der Waals surface area contributed by atoms with Crippen LogP contribution < -0.4 is 0 Å². The number of halogens is 2. The van der Waals surface area contributed by atoms with E-state index in [1.807, 2.05) is 0 Å². The molecule has 0 radical (unpaired) electrons. The van der Waals surface area contributed by atoms with E-state index in [9.17, 15) is 0 Å². The Kier molecular flexibility index (Phi) is 10.9. The molecule has 28 heavy (non-hydrogen) atoms. The molecule has 1 saturated heterocycles. The Morgan fingerprint density at radius 3 is 2.25 bits per heavy atom. The standard InChI is InChI=1S/C20H35N2OSi.CH3.2ClH.Ti/c1-20(2,3)21-24(5,6)19-14-18(22-11-7-8-12-22)17-13-15(23-4)9-10-16(17)19;;;;/h9-10,13,16-19H,7-8,11-12,14H2,1-6H3;1H3;2*1H;/q2*-1;;;+2/p-2. The number of hydrogen-bond acceptors (Lipinski definition) is 2. The first-order chi connectivity index (χ1) is 12.6. The molecular weight excluding hydrogens is 443 g/mol. The molecule has 3 nitrogen and oxygen atoms in total. The van der Waals surface area contributed by atoms with Crippen molar-refractivity contribution >= 4 is 26.8 Å². The van der Waals surface area contributed by atoms with Crippen LogP contribution in [0.4, 0.5) is 0 Å². The molecule has 7 heteroatoms. The Labute approximate surface area is 191 Å². The van der Waals surface area contributed by atoms with Crippen LogP contribution in [0.25, 0.3) is 4.98 Å². The average molecular weight is 481 g/mol. The molecule has 3 aliphatic rings. The topological polar surface area (TPSA) is 26.6 Å². The first kappa shape index (κ1) is 26.7. The Morgan fingerprint density at radius 1 is 1.18 bits per heavy atom. The van der Waals surface area contributed by atoms with Crippen molar-refractivity contribution in [2.45, 2.75) is 70.2 Å². The van der Waals surface area contributed by atoms with Crippen LogP contribution in [0.2, 0.25) is 18.6 Å². The fourth-order valence-corrected chi connectivity index (χ4v) is 9.33. The van der Waals surface area contributed by atoms with Crippen molar-refractivity contribution in [2.75, 3.05) is 20.2 Å². The van der Waals surface area contributed by atoms with Gasteiger partial charge in [0.1, 0.15) is 5.76 Å². The number of fused-ring (bicyclic) bond motifs is 1. The quantitative estimate of drug-likeness (QED) is 0.328. The molecule has 2 aliphatic carbocycles. The minimum absolute atomic E-state index is 0. The first-order valence-electron chi connectivity index (χ1n) is 10.0. The summed E-state index contributed by atoms with van der Waals surface area (Å²) in [6.45, 7) is 14.3. The van der Waals surface area contributed by atoms with Crippen LogP contribution in [0.3, 0.4) is 0 Å². The molecule has 4 atom stereocenters. The van der Waals surface area contributed by atoms with Gasteiger partial charge in [-0.05, 0) is 50.4 Å². The molecule has 0 spiro atoms. The molecule has 162 valence electrons. The van der Waals surface area contributed by atoms with Crippen LogP contribution in [-0.4, -0.2) is 44.9 Å². The van der Waals surface area contributed by atoms with E-state index in [-0.39, 0.29) is 13.0 Å². The summed E-state index contributed by atoms with van der Waals surface area (Å²) in [6, 6.07) is 0.680. The number of rotatable bonds is 4. The van der Waals surface area contributed by atoms with Gasteiger partial charge in [0.25, 0.3) is 0 Å². The summed E-state index contributed by atoms with van der Waals surface area (Å²) in [4.78, 5) is 8.10. The van der Waals surface area contributed by atoms with Gasteiger partial charge < -0.3 is 17.1 Å². The predicted molar refractivity (Wildman–Crippen MR) is 123 cm³/mol. The molecule has 1 saturated carbocycles. The molecule has 2 fully saturated rings. The Bertz CT molecular complexity index is 545. The first-order valence-corrected chi connectivity index (χ1v) is 17.3. The molecular formula is C21H38Cl2N2OSiTi-2. The fourth-order valence-electron chi connectivity index (χ4n) is 5.34. The Balaban J connectivity index is 0.000000921. The molecule has 3 rings (SSSR count). The third-order valence-electron chi connectivity index (χ3n) is 6.06. The van der Waals surface area contributed by atoms with Crippen LogP contribution >= 0.6 is 18.6 Å². The van der Waals surface area contributed by atoms with Gasteiger partial charge in [-0.15, -0.1) is 5.54 Å². The summed E-state index contributed by atoms with van der Waals surface area (Å²) in [7, 11) is 9.91. The van der Waals surface area contributed by atoms with E-state index in [0.29, 0.717) is 17.9 Å². The van der Waals surface area contributed by atoms with Crippen molar-refractivity contribution in [1.29, 1.82) is 0 Å². The van der Waals surface area contributed by atoms with Crippen molar-refractivity contribution in [1.82, 2.24) is 4.90 Å². The van der Waals surface area contributed by atoms with E-state index in [1.54, 1.807) is 7.11 Å². The average Bonchev–Trinajstić information content (AvgIpc) is 3.20. The number of likely N-dealkylation sites (tertiary alicyclic amines) is 1. The summed E-state index contributed by atoms with van der Waals surface area (Å²) in [5, 5.41) is 0. The van der Waals surface area contributed by atoms with Gasteiger partial charge in [0.2, 0.25) is 0 Å². The minimum atomic E-state index is -1.66. The number of allylic oxidation sites excluding steroid dienone is 2. The third kappa shape index (κ3) is 6.87.